The number of fused-ring (bicyclic) bond motifs is 1. The van der Waals surface area contributed by atoms with E-state index in [4.69, 9.17) is 36.9 Å². The van der Waals surface area contributed by atoms with Gasteiger partial charge in [-0.1, -0.05) is 59.7 Å². The Morgan fingerprint density at radius 2 is 1.94 bits per heavy atom. The van der Waals surface area contributed by atoms with Crippen LogP contribution in [-0.2, 0) is 37.8 Å². The zero-order chi connectivity index (χ0) is 26.8. The van der Waals surface area contributed by atoms with Gasteiger partial charge in [0.05, 0.1) is 30.4 Å². The van der Waals surface area contributed by atoms with Crippen molar-refractivity contribution in [2.45, 2.75) is 78.0 Å². The van der Waals surface area contributed by atoms with Gasteiger partial charge >= 0.3 is 14.3 Å². The minimum Gasteiger partial charge on any atom is -0.426 e. The summed E-state index contributed by atoms with van der Waals surface area (Å²) in [5.41, 5.74) is 1.43. The molecule has 0 aliphatic carbocycles. The smallest absolute Gasteiger partial charge is 0.397 e. The molecule has 3 rings (SSSR count). The molecule has 0 amide bonds. The van der Waals surface area contributed by atoms with Crippen LogP contribution in [0.4, 0.5) is 4.39 Å². The molecule has 0 spiro atoms. The summed E-state index contributed by atoms with van der Waals surface area (Å²) >= 11 is 5.06. The average molecular weight is 537 g/mol. The minimum absolute atomic E-state index is 0.0606. The molecule has 2 unspecified atom stereocenters. The number of aromatic amines is 1. The Kier molecular flexibility index (Phi) is 8.80. The lowest BCUT2D eigenvalue weighted by molar-refractivity contribution is 0.0396. The van der Waals surface area contributed by atoms with Crippen LogP contribution in [0.3, 0.4) is 0 Å². The van der Waals surface area contributed by atoms with Crippen LogP contribution < -0.4 is 10.2 Å². The van der Waals surface area contributed by atoms with Crippen molar-refractivity contribution in [2.24, 2.45) is 0 Å². The Balaban J connectivity index is 1.73. The first-order valence-electron chi connectivity index (χ1n) is 11.7. The second-order valence-electron chi connectivity index (χ2n) is 10.8. The third kappa shape index (κ3) is 6.42. The van der Waals surface area contributed by atoms with Crippen LogP contribution in [0.25, 0.3) is 0 Å². The maximum absolute atomic E-state index is 15.4. The highest BCUT2D eigenvalue weighted by atomic mass is 32.1. The molecule has 1 aliphatic rings. The van der Waals surface area contributed by atoms with Gasteiger partial charge in [-0.2, -0.15) is 0 Å². The topological polar surface area (TPSA) is 74.7 Å². The maximum Gasteiger partial charge on any atom is 0.397 e. The quantitative estimate of drug-likeness (QED) is 0.271. The van der Waals surface area contributed by atoms with Crippen LogP contribution in [0, 0.1) is 22.8 Å². The standard InChI is InChI=1S/C26H34FN2O5PS/c1-9-16-13-29(24(30)28-23(16)36)11-10-17(31-8)14-32-35-33-15-18-21(27)19(25(2,3)4)12-20(22(18)34-35)26(5,6)7/h1,12-13,17H,10-11,14-15H2,2-8H3,(H,28,30,36). The number of halogens is 1. The van der Waals surface area contributed by atoms with E-state index in [-0.39, 0.29) is 46.3 Å². The van der Waals surface area contributed by atoms with Crippen molar-refractivity contribution in [3.63, 3.8) is 0 Å². The molecule has 2 aromatic rings. The summed E-state index contributed by atoms with van der Waals surface area (Å²) in [5.74, 6) is 2.66. The van der Waals surface area contributed by atoms with Crippen LogP contribution in [0.5, 0.6) is 5.75 Å². The van der Waals surface area contributed by atoms with Crippen molar-refractivity contribution < 1.29 is 22.7 Å². The fraction of sp³-hybridized carbons (Fsp3) is 0.538. The van der Waals surface area contributed by atoms with E-state index in [1.165, 1.54) is 4.57 Å². The number of benzene rings is 1. The molecular weight excluding hydrogens is 502 g/mol. The van der Waals surface area contributed by atoms with Crippen LogP contribution in [0.2, 0.25) is 0 Å². The molecule has 1 aliphatic heterocycles. The lowest BCUT2D eigenvalue weighted by atomic mass is 9.78. The fourth-order valence-electron chi connectivity index (χ4n) is 3.79. The first-order valence-corrected chi connectivity index (χ1v) is 13.2. The number of rotatable bonds is 7. The Hall–Kier alpha value is -2.08. The van der Waals surface area contributed by atoms with Crippen molar-refractivity contribution in [3.05, 3.63) is 55.5 Å². The predicted molar refractivity (Wildman–Crippen MR) is 141 cm³/mol. The van der Waals surface area contributed by atoms with Crippen molar-refractivity contribution in [2.75, 3.05) is 13.7 Å². The number of aryl methyl sites for hydroxylation is 1. The van der Waals surface area contributed by atoms with Gasteiger partial charge in [-0.15, -0.1) is 6.42 Å². The summed E-state index contributed by atoms with van der Waals surface area (Å²) in [5, 5.41) is 0. The van der Waals surface area contributed by atoms with Gasteiger partial charge in [-0.05, 0) is 28.9 Å². The van der Waals surface area contributed by atoms with E-state index < -0.39 is 8.60 Å². The normalized spacial score (nSPS) is 16.7. The number of ether oxygens (including phenoxy) is 1. The number of nitrogens with one attached hydrogen (secondary N) is 1. The predicted octanol–water partition coefficient (Wildman–Crippen LogP) is 5.88. The van der Waals surface area contributed by atoms with Crippen molar-refractivity contribution >= 4 is 20.8 Å². The van der Waals surface area contributed by atoms with Crippen molar-refractivity contribution in [1.29, 1.82) is 0 Å². The average Bonchev–Trinajstić information content (AvgIpc) is 2.78. The van der Waals surface area contributed by atoms with Gasteiger partial charge in [0.2, 0.25) is 0 Å². The fourth-order valence-corrected chi connectivity index (χ4v) is 5.05. The van der Waals surface area contributed by atoms with E-state index in [1.54, 1.807) is 13.3 Å². The van der Waals surface area contributed by atoms with Gasteiger partial charge in [0, 0.05) is 25.4 Å². The zero-order valence-corrected chi connectivity index (χ0v) is 23.6. The zero-order valence-electron chi connectivity index (χ0n) is 21.9. The Morgan fingerprint density at radius 3 is 2.53 bits per heavy atom. The van der Waals surface area contributed by atoms with Gasteiger partial charge in [-0.25, -0.2) is 9.18 Å². The molecule has 2 atom stereocenters. The molecule has 0 bridgehead atoms. The summed E-state index contributed by atoms with van der Waals surface area (Å²) in [6, 6.07) is 1.90. The van der Waals surface area contributed by atoms with E-state index in [2.05, 4.69) is 31.7 Å². The number of hydrogen-bond donors (Lipinski definition) is 1. The third-order valence-electron chi connectivity index (χ3n) is 5.96. The number of nitrogens with zero attached hydrogens (tertiary/aromatic N) is 1. The lowest BCUT2D eigenvalue weighted by Gasteiger charge is -2.33. The second-order valence-corrected chi connectivity index (χ2v) is 12.3. The van der Waals surface area contributed by atoms with Crippen LogP contribution in [0.1, 0.15) is 70.2 Å². The van der Waals surface area contributed by atoms with Gasteiger partial charge in [0.1, 0.15) is 16.2 Å². The molecule has 0 radical (unpaired) electrons. The third-order valence-corrected chi connectivity index (χ3v) is 7.32. The molecule has 0 saturated carbocycles. The SMILES string of the molecule is C#Cc1cn(CCC(COP2OCc3c(F)c(C(C)(C)C)cc(C(C)(C)C)c3O2)OC)c(=O)[nH]c1=S. The summed E-state index contributed by atoms with van der Waals surface area (Å²) in [7, 11) is -0.191. The molecule has 196 valence electrons. The molecule has 1 aromatic heterocycles. The lowest BCUT2D eigenvalue weighted by Crippen LogP contribution is -2.27. The van der Waals surface area contributed by atoms with Crippen LogP contribution >= 0.6 is 20.8 Å². The summed E-state index contributed by atoms with van der Waals surface area (Å²) < 4.78 is 40.4. The number of hydrogen-bond acceptors (Lipinski definition) is 6. The van der Waals surface area contributed by atoms with Gasteiger partial charge in [0.25, 0.3) is 0 Å². The van der Waals surface area contributed by atoms with E-state index >= 15 is 4.39 Å². The Bertz CT molecular complexity index is 1270. The molecular formula is C26H34FN2O5PS. The Labute approximate surface area is 218 Å². The monoisotopic (exact) mass is 536 g/mol. The molecule has 2 heterocycles. The molecule has 10 heteroatoms. The van der Waals surface area contributed by atoms with Gasteiger partial charge < -0.3 is 9.26 Å². The molecule has 1 aromatic carbocycles. The van der Waals surface area contributed by atoms with Crippen LogP contribution in [0.15, 0.2) is 17.1 Å². The Morgan fingerprint density at radius 1 is 1.28 bits per heavy atom. The second kappa shape index (κ2) is 11.1. The highest BCUT2D eigenvalue weighted by Gasteiger charge is 2.35. The molecule has 1 N–H and O–H groups in total. The van der Waals surface area contributed by atoms with E-state index in [0.29, 0.717) is 35.4 Å². The molecule has 0 fully saturated rings. The largest absolute Gasteiger partial charge is 0.426 e. The van der Waals surface area contributed by atoms with E-state index in [0.717, 1.165) is 5.56 Å². The number of terminal acetylenes is 1. The van der Waals surface area contributed by atoms with E-state index in [1.807, 2.05) is 26.8 Å². The van der Waals surface area contributed by atoms with Gasteiger partial charge in [-0.3, -0.25) is 18.6 Å². The minimum atomic E-state index is -1.76. The maximum atomic E-state index is 15.4. The number of aromatic nitrogens is 2. The summed E-state index contributed by atoms with van der Waals surface area (Å²) in [4.78, 5) is 14.8. The molecule has 7 nitrogen and oxygen atoms in total. The van der Waals surface area contributed by atoms with Crippen molar-refractivity contribution in [1.82, 2.24) is 9.55 Å². The highest BCUT2D eigenvalue weighted by Crippen LogP contribution is 2.52. The first kappa shape index (κ1) is 28.5. The van der Waals surface area contributed by atoms with E-state index in [9.17, 15) is 4.79 Å². The first-order chi connectivity index (χ1) is 16.8. The van der Waals surface area contributed by atoms with Crippen LogP contribution in [-0.4, -0.2) is 29.4 Å². The molecule has 36 heavy (non-hydrogen) atoms. The summed E-state index contributed by atoms with van der Waals surface area (Å²) in [6.45, 7) is 12.7. The van der Waals surface area contributed by atoms with Gasteiger partial charge in [0.15, 0.2) is 0 Å². The number of methoxy groups -OCH3 is 1. The highest BCUT2D eigenvalue weighted by molar-refractivity contribution is 7.71. The van der Waals surface area contributed by atoms with Crippen molar-refractivity contribution in [3.8, 4) is 18.1 Å². The summed E-state index contributed by atoms with van der Waals surface area (Å²) in [6.07, 6.45) is 7.13. The number of H-pyrrole nitrogens is 1. The molecule has 0 saturated heterocycles.